The number of likely N-dealkylation sites (tertiary alicyclic amines) is 1. The lowest BCUT2D eigenvalue weighted by atomic mass is 10.0. The van der Waals surface area contributed by atoms with Gasteiger partial charge in [-0.2, -0.15) is 0 Å². The number of anilines is 1. The van der Waals surface area contributed by atoms with Crippen LogP contribution in [0.3, 0.4) is 0 Å². The number of rotatable bonds is 8. The van der Waals surface area contributed by atoms with Gasteiger partial charge in [0.05, 0.1) is 25.3 Å². The molecule has 3 rings (SSSR count). The highest BCUT2D eigenvalue weighted by Gasteiger charge is 2.19. The van der Waals surface area contributed by atoms with Gasteiger partial charge in [0, 0.05) is 18.8 Å². The fourth-order valence-corrected chi connectivity index (χ4v) is 4.19. The normalized spacial score (nSPS) is 15.5. The van der Waals surface area contributed by atoms with Crippen molar-refractivity contribution in [3.63, 3.8) is 0 Å². The van der Waals surface area contributed by atoms with Crippen molar-refractivity contribution in [3.05, 3.63) is 40.9 Å². The molecule has 0 spiro atoms. The second-order valence-electron chi connectivity index (χ2n) is 7.26. The Hall–Kier alpha value is -2.45. The smallest absolute Gasteiger partial charge is 0.228 e. The van der Waals surface area contributed by atoms with Gasteiger partial charge in [0.15, 0.2) is 5.13 Å². The van der Waals surface area contributed by atoms with Crippen LogP contribution in [-0.4, -0.2) is 41.9 Å². The molecule has 2 amide bonds. The number of carbonyl (C=O) groups excluding carboxylic acids is 2. The van der Waals surface area contributed by atoms with Gasteiger partial charge in [0.25, 0.3) is 0 Å². The average molecular weight is 417 g/mol. The molecule has 1 aromatic heterocycles. The van der Waals surface area contributed by atoms with E-state index in [2.05, 4.69) is 20.5 Å². The maximum absolute atomic E-state index is 12.6. The molecule has 1 aromatic carbocycles. The molecule has 29 heavy (non-hydrogen) atoms. The van der Waals surface area contributed by atoms with Gasteiger partial charge in [-0.1, -0.05) is 18.6 Å². The third kappa shape index (κ3) is 6.54. The molecule has 1 aliphatic heterocycles. The van der Waals surface area contributed by atoms with Crippen LogP contribution in [0.4, 0.5) is 5.13 Å². The number of thiazole rings is 1. The monoisotopic (exact) mass is 416 g/mol. The van der Waals surface area contributed by atoms with E-state index in [-0.39, 0.29) is 18.2 Å². The van der Waals surface area contributed by atoms with Crippen LogP contribution in [0.15, 0.2) is 29.6 Å². The Bertz CT molecular complexity index is 816. The number of ether oxygens (including phenoxy) is 1. The highest BCUT2D eigenvalue weighted by Crippen LogP contribution is 2.23. The molecule has 0 unspecified atom stereocenters. The Labute approximate surface area is 175 Å². The summed E-state index contributed by atoms with van der Waals surface area (Å²) in [4.78, 5) is 31.1. The molecule has 1 fully saturated rings. The molecule has 2 N–H and O–H groups in total. The Morgan fingerprint density at radius 2 is 1.93 bits per heavy atom. The Kier molecular flexibility index (Phi) is 7.60. The first kappa shape index (κ1) is 21.3. The van der Waals surface area contributed by atoms with Crippen LogP contribution in [0, 0.1) is 0 Å². The minimum atomic E-state index is -0.411. The number of aromatic nitrogens is 1. The summed E-state index contributed by atoms with van der Waals surface area (Å²) in [7, 11) is 1.60. The maximum atomic E-state index is 12.6. The zero-order valence-corrected chi connectivity index (χ0v) is 17.8. The highest BCUT2D eigenvalue weighted by molar-refractivity contribution is 7.13. The second kappa shape index (κ2) is 10.4. The number of nitrogens with zero attached hydrogens (tertiary/aromatic N) is 2. The molecule has 8 heteroatoms. The molecule has 7 nitrogen and oxygen atoms in total. The summed E-state index contributed by atoms with van der Waals surface area (Å²) in [6.45, 7) is 4.49. The first-order valence-corrected chi connectivity index (χ1v) is 10.8. The lowest BCUT2D eigenvalue weighted by Crippen LogP contribution is -2.30. The van der Waals surface area contributed by atoms with Crippen molar-refractivity contribution in [2.75, 3.05) is 25.5 Å². The second-order valence-corrected chi connectivity index (χ2v) is 8.12. The Morgan fingerprint density at radius 3 is 2.59 bits per heavy atom. The van der Waals surface area contributed by atoms with Crippen LogP contribution in [0.1, 0.15) is 49.9 Å². The SMILES string of the molecule is COc1ccc([C@H](CC(=O)Nc2nc(CN3CCCCC3)cs2)NC(C)=O)cc1. The van der Waals surface area contributed by atoms with Gasteiger partial charge >= 0.3 is 0 Å². The number of hydrogen-bond acceptors (Lipinski definition) is 6. The van der Waals surface area contributed by atoms with E-state index in [1.165, 1.54) is 37.5 Å². The summed E-state index contributed by atoms with van der Waals surface area (Å²) >= 11 is 1.43. The Morgan fingerprint density at radius 1 is 1.21 bits per heavy atom. The van der Waals surface area contributed by atoms with Crippen LogP contribution in [0.25, 0.3) is 0 Å². The summed E-state index contributed by atoms with van der Waals surface area (Å²) in [5, 5.41) is 8.31. The van der Waals surface area contributed by atoms with Crippen LogP contribution in [-0.2, 0) is 16.1 Å². The van der Waals surface area contributed by atoms with E-state index in [4.69, 9.17) is 4.74 Å². The number of piperidine rings is 1. The van der Waals surface area contributed by atoms with Crippen molar-refractivity contribution >= 4 is 28.3 Å². The molecule has 0 saturated carbocycles. The van der Waals surface area contributed by atoms with E-state index in [9.17, 15) is 9.59 Å². The van der Waals surface area contributed by atoms with Crippen molar-refractivity contribution in [2.24, 2.45) is 0 Å². The lowest BCUT2D eigenvalue weighted by Gasteiger charge is -2.25. The zero-order chi connectivity index (χ0) is 20.6. The minimum Gasteiger partial charge on any atom is -0.497 e. The van der Waals surface area contributed by atoms with Gasteiger partial charge < -0.3 is 15.4 Å². The lowest BCUT2D eigenvalue weighted by molar-refractivity contribution is -0.120. The predicted octanol–water partition coefficient (Wildman–Crippen LogP) is 3.34. The molecule has 2 aromatic rings. The topological polar surface area (TPSA) is 83.6 Å². The van der Waals surface area contributed by atoms with E-state index in [0.717, 1.165) is 36.6 Å². The van der Waals surface area contributed by atoms with Crippen molar-refractivity contribution < 1.29 is 14.3 Å². The van der Waals surface area contributed by atoms with Crippen molar-refractivity contribution in [2.45, 2.75) is 45.2 Å². The van der Waals surface area contributed by atoms with E-state index in [1.807, 2.05) is 29.6 Å². The Balaban J connectivity index is 1.58. The zero-order valence-electron chi connectivity index (χ0n) is 16.9. The van der Waals surface area contributed by atoms with Gasteiger partial charge in [0.1, 0.15) is 5.75 Å². The van der Waals surface area contributed by atoms with Gasteiger partial charge in [0.2, 0.25) is 11.8 Å². The standard InChI is InChI=1S/C21H28N4O3S/c1-15(26)22-19(16-6-8-18(28-2)9-7-16)12-20(27)24-21-23-17(14-29-21)13-25-10-4-3-5-11-25/h6-9,14,19H,3-5,10-13H2,1-2H3,(H,22,26)(H,23,24,27)/t19-/m0/s1. The predicted molar refractivity (Wildman–Crippen MR) is 114 cm³/mol. The summed E-state index contributed by atoms with van der Waals surface area (Å²) in [6.07, 6.45) is 3.92. The summed E-state index contributed by atoms with van der Waals surface area (Å²) in [6, 6.07) is 6.93. The maximum Gasteiger partial charge on any atom is 0.228 e. The number of carbonyl (C=O) groups is 2. The van der Waals surface area contributed by atoms with Crippen molar-refractivity contribution in [3.8, 4) is 5.75 Å². The van der Waals surface area contributed by atoms with Crippen LogP contribution in [0.2, 0.25) is 0 Å². The first-order chi connectivity index (χ1) is 14.0. The number of hydrogen-bond donors (Lipinski definition) is 2. The van der Waals surface area contributed by atoms with E-state index in [0.29, 0.717) is 5.13 Å². The molecule has 0 bridgehead atoms. The van der Waals surface area contributed by atoms with Gasteiger partial charge in [-0.25, -0.2) is 4.98 Å². The summed E-state index contributed by atoms with van der Waals surface area (Å²) in [5.74, 6) is 0.360. The number of nitrogens with one attached hydrogen (secondary N) is 2. The third-order valence-corrected chi connectivity index (χ3v) is 5.72. The first-order valence-electron chi connectivity index (χ1n) is 9.91. The third-order valence-electron chi connectivity index (χ3n) is 4.92. The molecule has 0 aliphatic carbocycles. The molecule has 156 valence electrons. The molecule has 1 saturated heterocycles. The molecular weight excluding hydrogens is 388 g/mol. The van der Waals surface area contributed by atoms with Crippen molar-refractivity contribution in [1.82, 2.24) is 15.2 Å². The molecular formula is C21H28N4O3S. The highest BCUT2D eigenvalue weighted by atomic mass is 32.1. The summed E-state index contributed by atoms with van der Waals surface area (Å²) in [5.41, 5.74) is 1.84. The van der Waals surface area contributed by atoms with Crippen molar-refractivity contribution in [1.29, 1.82) is 0 Å². The number of methoxy groups -OCH3 is 1. The van der Waals surface area contributed by atoms with E-state index in [1.54, 1.807) is 7.11 Å². The minimum absolute atomic E-state index is 0.132. The number of benzene rings is 1. The fraction of sp³-hybridized carbons (Fsp3) is 0.476. The fourth-order valence-electron chi connectivity index (χ4n) is 3.47. The van der Waals surface area contributed by atoms with Gasteiger partial charge in [-0.3, -0.25) is 14.5 Å². The average Bonchev–Trinajstić information content (AvgIpc) is 3.14. The molecule has 0 radical (unpaired) electrons. The summed E-state index contributed by atoms with van der Waals surface area (Å²) < 4.78 is 5.17. The van der Waals surface area contributed by atoms with E-state index < -0.39 is 6.04 Å². The van der Waals surface area contributed by atoms with Crippen LogP contribution < -0.4 is 15.4 Å². The quantitative estimate of drug-likeness (QED) is 0.690. The van der Waals surface area contributed by atoms with E-state index >= 15 is 0 Å². The molecule has 2 heterocycles. The largest absolute Gasteiger partial charge is 0.497 e. The molecule has 1 atom stereocenters. The molecule has 1 aliphatic rings. The number of amides is 2. The van der Waals surface area contributed by atoms with Crippen LogP contribution >= 0.6 is 11.3 Å². The van der Waals surface area contributed by atoms with Gasteiger partial charge in [-0.05, 0) is 43.6 Å². The van der Waals surface area contributed by atoms with Gasteiger partial charge in [-0.15, -0.1) is 11.3 Å². The van der Waals surface area contributed by atoms with Crippen LogP contribution in [0.5, 0.6) is 5.75 Å².